The Morgan fingerprint density at radius 2 is 1.00 bits per heavy atom. The maximum absolute atomic E-state index is 0. The average Bonchev–Trinajstić information content (AvgIpc) is 0. The van der Waals surface area contributed by atoms with Crippen LogP contribution < -0.4 is 0 Å². The predicted octanol–water partition coefficient (Wildman–Crippen LogP) is -1.19. The molecule has 0 bridgehead atoms. The minimum Gasteiger partial charge on any atom is 0 e. The van der Waals surface area contributed by atoms with Crippen LogP contribution in [0.5, 0.6) is 0 Å². The van der Waals surface area contributed by atoms with E-state index in [0.717, 1.165) is 0 Å². The van der Waals surface area contributed by atoms with Gasteiger partial charge >= 0.3 is 0 Å². The van der Waals surface area contributed by atoms with E-state index in [9.17, 15) is 0 Å². The second-order valence-electron chi connectivity index (χ2n) is 0. The second kappa shape index (κ2) is 17.4. The summed E-state index contributed by atoms with van der Waals surface area (Å²) >= 11 is 0. The molecule has 0 aliphatic heterocycles. The van der Waals surface area contributed by atoms with Gasteiger partial charge in [-0.1, -0.05) is 0 Å². The molecule has 0 fully saturated rings. The molecule has 0 rings (SSSR count). The van der Waals surface area contributed by atoms with Crippen molar-refractivity contribution in [1.82, 2.24) is 0 Å². The minimum atomic E-state index is 0. The zero-order valence-corrected chi connectivity index (χ0v) is 7.92. The molecule has 0 unspecified atom stereocenters. The van der Waals surface area contributed by atoms with E-state index in [1.54, 1.807) is 0 Å². The molecule has 25 valence electrons. The zero-order chi connectivity index (χ0) is 0. The van der Waals surface area contributed by atoms with Gasteiger partial charge in [-0.15, -0.1) is 0 Å². The van der Waals surface area contributed by atoms with Crippen LogP contribution in [-0.4, -0.2) is 17.4 Å². The molecular formula is H3AlNiTaZr. The molecule has 0 saturated carbocycles. The van der Waals surface area contributed by atoms with Crippen molar-refractivity contribution in [1.29, 1.82) is 0 Å². The van der Waals surface area contributed by atoms with Gasteiger partial charge in [-0.05, 0) is 0 Å². The van der Waals surface area contributed by atoms with Crippen LogP contribution in [-0.2, 0) is 65.1 Å². The van der Waals surface area contributed by atoms with Crippen LogP contribution in [0.25, 0.3) is 0 Å². The van der Waals surface area contributed by atoms with Gasteiger partial charge in [0.25, 0.3) is 0 Å². The second-order valence-corrected chi connectivity index (χ2v) is 0. The quantitative estimate of drug-likeness (QED) is 0.477. The Balaban J connectivity index is 0. The number of hydrogen-bond donors (Lipinski definition) is 0. The van der Waals surface area contributed by atoms with Crippen LogP contribution in [0.2, 0.25) is 0 Å². The fraction of sp³-hybridized carbons (Fsp3) is 0. The Morgan fingerprint density at radius 1 is 1.00 bits per heavy atom. The van der Waals surface area contributed by atoms with E-state index in [-0.39, 0.29) is 82.4 Å². The van der Waals surface area contributed by atoms with E-state index < -0.39 is 0 Å². The summed E-state index contributed by atoms with van der Waals surface area (Å²) in [6.07, 6.45) is 0. The van der Waals surface area contributed by atoms with Gasteiger partial charge in [-0.3, -0.25) is 0 Å². The normalized spacial score (nSPS) is 0. The van der Waals surface area contributed by atoms with Crippen molar-refractivity contribution in [2.45, 2.75) is 0 Å². The van der Waals surface area contributed by atoms with Crippen molar-refractivity contribution >= 4 is 17.4 Å². The summed E-state index contributed by atoms with van der Waals surface area (Å²) in [5, 5.41) is 0. The molecule has 0 aromatic heterocycles. The standard InChI is InChI=1S/Al.Ni.Ta.Zr.3H. The van der Waals surface area contributed by atoms with Crippen LogP contribution in [0.4, 0.5) is 0 Å². The Kier molecular flexibility index (Phi) is 132. The number of rotatable bonds is 0. The third-order valence-electron chi connectivity index (χ3n) is 0. The smallest absolute Gasteiger partial charge is 0 e. The molecule has 0 aliphatic carbocycles. The minimum absolute atomic E-state index is 0. The first-order valence-corrected chi connectivity index (χ1v) is 0. The van der Waals surface area contributed by atoms with Crippen LogP contribution in [0.3, 0.4) is 0 Å². The van der Waals surface area contributed by atoms with Gasteiger partial charge in [-0.2, -0.15) is 0 Å². The predicted molar refractivity (Wildman–Crippen MR) is 9.94 cm³/mol. The molecule has 0 atom stereocenters. The fourth-order valence-electron chi connectivity index (χ4n) is 0. The first-order chi connectivity index (χ1) is 0. The van der Waals surface area contributed by atoms with Crippen LogP contribution >= 0.6 is 0 Å². The Labute approximate surface area is 81.2 Å². The summed E-state index contributed by atoms with van der Waals surface area (Å²) in [5.74, 6) is 0. The van der Waals surface area contributed by atoms with E-state index in [0.29, 0.717) is 0 Å². The van der Waals surface area contributed by atoms with Crippen molar-refractivity contribution in [3.8, 4) is 0 Å². The molecule has 0 saturated heterocycles. The molecule has 0 amide bonds. The van der Waals surface area contributed by atoms with E-state index in [1.165, 1.54) is 0 Å². The van der Waals surface area contributed by atoms with E-state index >= 15 is 0 Å². The Bertz CT molecular complexity index is 8.00. The SMILES string of the molecule is [AlH3].[Ni].[Ta].[Zr]. The van der Waals surface area contributed by atoms with E-state index in [4.69, 9.17) is 0 Å². The largest absolute Gasteiger partial charge is 0.187 e. The first kappa shape index (κ1) is 30.2. The summed E-state index contributed by atoms with van der Waals surface area (Å²) in [4.78, 5) is 0. The maximum Gasteiger partial charge on any atom is 0.187 e. The van der Waals surface area contributed by atoms with E-state index in [1.807, 2.05) is 0 Å². The molecule has 0 spiro atoms. The van der Waals surface area contributed by atoms with Crippen LogP contribution in [0, 0.1) is 0 Å². The van der Waals surface area contributed by atoms with Gasteiger partial charge in [0.1, 0.15) is 0 Å². The van der Waals surface area contributed by atoms with Gasteiger partial charge < -0.3 is 0 Å². The van der Waals surface area contributed by atoms with Crippen molar-refractivity contribution in [2.75, 3.05) is 0 Å². The van der Waals surface area contributed by atoms with Crippen molar-refractivity contribution in [2.24, 2.45) is 0 Å². The van der Waals surface area contributed by atoms with Crippen molar-refractivity contribution in [3.63, 3.8) is 0 Å². The molecule has 0 N–H and O–H groups in total. The molecule has 0 aromatic carbocycles. The third-order valence-corrected chi connectivity index (χ3v) is 0. The number of hydrogen-bond acceptors (Lipinski definition) is 0. The molecule has 0 aliphatic rings. The summed E-state index contributed by atoms with van der Waals surface area (Å²) in [6.45, 7) is 0. The van der Waals surface area contributed by atoms with Crippen molar-refractivity contribution < 1.29 is 65.1 Å². The van der Waals surface area contributed by atoms with Gasteiger partial charge in [0.15, 0.2) is 17.4 Å². The molecule has 0 aromatic rings. The summed E-state index contributed by atoms with van der Waals surface area (Å²) in [5.41, 5.74) is 0. The Hall–Kier alpha value is 2.65. The summed E-state index contributed by atoms with van der Waals surface area (Å²) in [7, 11) is 0. The molecule has 4 heteroatoms. The maximum atomic E-state index is 0. The topological polar surface area (TPSA) is 0 Å². The zero-order valence-electron chi connectivity index (χ0n) is 1.26. The van der Waals surface area contributed by atoms with Crippen molar-refractivity contribution in [3.05, 3.63) is 0 Å². The summed E-state index contributed by atoms with van der Waals surface area (Å²) in [6, 6.07) is 0. The first-order valence-electron chi connectivity index (χ1n) is 0. The van der Waals surface area contributed by atoms with Gasteiger partial charge in [0.05, 0.1) is 0 Å². The molecule has 4 heavy (non-hydrogen) atoms. The van der Waals surface area contributed by atoms with Gasteiger partial charge in [0, 0.05) is 65.1 Å². The van der Waals surface area contributed by atoms with Gasteiger partial charge in [-0.25, -0.2) is 0 Å². The molecule has 0 nitrogen and oxygen atoms in total. The monoisotopic (exact) mass is 359 g/mol. The van der Waals surface area contributed by atoms with Gasteiger partial charge in [0.2, 0.25) is 0 Å². The Morgan fingerprint density at radius 3 is 1.00 bits per heavy atom. The molecule has 0 heterocycles. The average molecular weight is 361 g/mol. The van der Waals surface area contributed by atoms with Crippen LogP contribution in [0.1, 0.15) is 0 Å². The van der Waals surface area contributed by atoms with E-state index in [2.05, 4.69) is 0 Å². The fourth-order valence-corrected chi connectivity index (χ4v) is 0. The third kappa shape index (κ3) is 8.82. The summed E-state index contributed by atoms with van der Waals surface area (Å²) < 4.78 is 0. The molecule has 1 radical (unpaired) electrons. The molecular weight excluding hydrogens is 358 g/mol. The van der Waals surface area contributed by atoms with Crippen LogP contribution in [0.15, 0.2) is 0 Å².